The highest BCUT2D eigenvalue weighted by atomic mass is 16.5. The zero-order chi connectivity index (χ0) is 17.2. The Kier molecular flexibility index (Phi) is 4.24. The first-order chi connectivity index (χ1) is 12.2. The zero-order valence-electron chi connectivity index (χ0n) is 14.0. The lowest BCUT2D eigenvalue weighted by Gasteiger charge is -2.19. The van der Waals surface area contributed by atoms with Crippen molar-refractivity contribution in [1.29, 1.82) is 0 Å². The van der Waals surface area contributed by atoms with Crippen molar-refractivity contribution < 1.29 is 14.3 Å². The summed E-state index contributed by atoms with van der Waals surface area (Å²) in [5.74, 6) is -0.195. The molecule has 0 aliphatic carbocycles. The molecular formula is C20H20N2O3. The predicted octanol–water partition coefficient (Wildman–Crippen LogP) is 2.18. The molecule has 2 aliphatic heterocycles. The van der Waals surface area contributed by atoms with Gasteiger partial charge in [0, 0.05) is 24.5 Å². The number of anilines is 2. The molecular weight excluding hydrogens is 316 g/mol. The highest BCUT2D eigenvalue weighted by molar-refractivity contribution is 5.98. The maximum Gasteiger partial charge on any atom is 0.253 e. The van der Waals surface area contributed by atoms with Crippen LogP contribution in [0.4, 0.5) is 11.4 Å². The average Bonchev–Trinajstić information content (AvgIpc) is 3.26. The van der Waals surface area contributed by atoms with Crippen LogP contribution in [0.1, 0.15) is 11.1 Å². The minimum atomic E-state index is -0.0976. The summed E-state index contributed by atoms with van der Waals surface area (Å²) in [4.78, 5) is 28.3. The molecule has 5 nitrogen and oxygen atoms in total. The topological polar surface area (TPSA) is 49.9 Å². The fraction of sp³-hybridized carbons (Fsp3) is 0.300. The van der Waals surface area contributed by atoms with Crippen molar-refractivity contribution in [2.45, 2.75) is 12.8 Å². The second-order valence-corrected chi connectivity index (χ2v) is 6.34. The van der Waals surface area contributed by atoms with Crippen LogP contribution in [0.15, 0.2) is 48.5 Å². The van der Waals surface area contributed by atoms with Crippen LogP contribution >= 0.6 is 0 Å². The van der Waals surface area contributed by atoms with Crippen LogP contribution in [-0.2, 0) is 27.2 Å². The Morgan fingerprint density at radius 3 is 1.68 bits per heavy atom. The number of benzene rings is 2. The Morgan fingerprint density at radius 2 is 1.20 bits per heavy atom. The smallest absolute Gasteiger partial charge is 0.253 e. The van der Waals surface area contributed by atoms with Crippen LogP contribution < -0.4 is 9.80 Å². The van der Waals surface area contributed by atoms with E-state index in [1.807, 2.05) is 48.5 Å². The van der Waals surface area contributed by atoms with Gasteiger partial charge in [-0.1, -0.05) is 36.4 Å². The van der Waals surface area contributed by atoms with Crippen LogP contribution in [0.5, 0.6) is 0 Å². The van der Waals surface area contributed by atoms with Gasteiger partial charge in [0.1, 0.15) is 13.2 Å². The molecule has 2 aromatic carbocycles. The van der Waals surface area contributed by atoms with Gasteiger partial charge in [-0.05, 0) is 36.1 Å². The van der Waals surface area contributed by atoms with Gasteiger partial charge in [-0.3, -0.25) is 9.59 Å². The maximum absolute atomic E-state index is 12.4. The molecule has 0 atom stereocenters. The molecule has 0 spiro atoms. The van der Waals surface area contributed by atoms with Crippen LogP contribution in [0.3, 0.4) is 0 Å². The van der Waals surface area contributed by atoms with Gasteiger partial charge in [-0.15, -0.1) is 0 Å². The molecule has 4 rings (SSSR count). The van der Waals surface area contributed by atoms with Crippen molar-refractivity contribution in [3.05, 3.63) is 59.7 Å². The molecule has 2 heterocycles. The number of hydrogen-bond donors (Lipinski definition) is 0. The molecule has 0 bridgehead atoms. The Morgan fingerprint density at radius 1 is 0.760 bits per heavy atom. The van der Waals surface area contributed by atoms with E-state index in [2.05, 4.69) is 0 Å². The summed E-state index contributed by atoms with van der Waals surface area (Å²) in [6, 6.07) is 15.8. The number of carbonyl (C=O) groups is 2. The van der Waals surface area contributed by atoms with E-state index in [1.165, 1.54) is 11.1 Å². The van der Waals surface area contributed by atoms with Crippen molar-refractivity contribution in [3.8, 4) is 0 Å². The van der Waals surface area contributed by atoms with Crippen molar-refractivity contribution in [2.24, 2.45) is 0 Å². The molecule has 0 fully saturated rings. The van der Waals surface area contributed by atoms with Gasteiger partial charge < -0.3 is 14.5 Å². The maximum atomic E-state index is 12.4. The van der Waals surface area contributed by atoms with E-state index in [-0.39, 0.29) is 25.0 Å². The Labute approximate surface area is 146 Å². The minimum Gasteiger partial charge on any atom is -0.362 e. The number of hydrogen-bond acceptors (Lipinski definition) is 3. The average molecular weight is 336 g/mol. The molecule has 128 valence electrons. The number of rotatable bonds is 4. The Hall–Kier alpha value is -2.66. The monoisotopic (exact) mass is 336 g/mol. The van der Waals surface area contributed by atoms with Gasteiger partial charge >= 0.3 is 0 Å². The van der Waals surface area contributed by atoms with Crippen LogP contribution in [0, 0.1) is 0 Å². The van der Waals surface area contributed by atoms with E-state index in [0.29, 0.717) is 13.1 Å². The van der Waals surface area contributed by atoms with E-state index < -0.39 is 0 Å². The molecule has 0 N–H and O–H groups in total. The van der Waals surface area contributed by atoms with Gasteiger partial charge in [0.05, 0.1) is 0 Å². The van der Waals surface area contributed by atoms with Crippen molar-refractivity contribution in [2.75, 3.05) is 36.1 Å². The third-order valence-electron chi connectivity index (χ3n) is 4.83. The summed E-state index contributed by atoms with van der Waals surface area (Å²) >= 11 is 0. The second kappa shape index (κ2) is 6.69. The molecule has 25 heavy (non-hydrogen) atoms. The summed E-state index contributed by atoms with van der Waals surface area (Å²) < 4.78 is 5.43. The lowest BCUT2D eigenvalue weighted by molar-refractivity contribution is -0.128. The fourth-order valence-electron chi connectivity index (χ4n) is 3.58. The number of ether oxygens (including phenoxy) is 1. The summed E-state index contributed by atoms with van der Waals surface area (Å²) in [5.41, 5.74) is 4.27. The quantitative estimate of drug-likeness (QED) is 0.860. The summed E-state index contributed by atoms with van der Waals surface area (Å²) in [6.07, 6.45) is 1.73. The summed E-state index contributed by atoms with van der Waals surface area (Å²) in [6.45, 7) is 1.20. The molecule has 5 heteroatoms. The zero-order valence-corrected chi connectivity index (χ0v) is 14.0. The first-order valence-corrected chi connectivity index (χ1v) is 8.58. The number of para-hydroxylation sites is 2. The normalized spacial score (nSPS) is 15.2. The highest BCUT2D eigenvalue weighted by Crippen LogP contribution is 2.28. The lowest BCUT2D eigenvalue weighted by Crippen LogP contribution is -2.36. The Bertz CT molecular complexity index is 751. The molecule has 2 aliphatic rings. The van der Waals surface area contributed by atoms with E-state index in [0.717, 1.165) is 24.2 Å². The summed E-state index contributed by atoms with van der Waals surface area (Å²) in [5, 5.41) is 0. The number of nitrogens with zero attached hydrogens (tertiary/aromatic N) is 2. The van der Waals surface area contributed by atoms with Gasteiger partial charge in [0.15, 0.2) is 0 Å². The molecule has 0 aromatic heterocycles. The first-order valence-electron chi connectivity index (χ1n) is 8.58. The molecule has 0 saturated heterocycles. The molecule has 0 radical (unpaired) electrons. The van der Waals surface area contributed by atoms with E-state index in [9.17, 15) is 9.59 Å². The molecule has 2 amide bonds. The second-order valence-electron chi connectivity index (χ2n) is 6.34. The third kappa shape index (κ3) is 3.03. The lowest BCUT2D eigenvalue weighted by atomic mass is 10.2. The largest absolute Gasteiger partial charge is 0.362 e. The SMILES string of the molecule is O=C(COCC(=O)N1CCc2ccccc21)N1CCc2ccccc21. The standard InChI is InChI=1S/C20H20N2O3/c23-19(21-11-9-15-5-1-3-7-17(15)21)13-25-14-20(24)22-12-10-16-6-2-4-8-18(16)22/h1-8H,9-14H2. The molecule has 0 saturated carbocycles. The van der Waals surface area contributed by atoms with Crippen LogP contribution in [-0.4, -0.2) is 38.1 Å². The number of carbonyl (C=O) groups excluding carboxylic acids is 2. The minimum absolute atomic E-state index is 0.0738. The molecule has 0 unspecified atom stereocenters. The number of amides is 2. The van der Waals surface area contributed by atoms with Crippen molar-refractivity contribution >= 4 is 23.2 Å². The third-order valence-corrected chi connectivity index (χ3v) is 4.83. The van der Waals surface area contributed by atoms with Gasteiger partial charge in [-0.2, -0.15) is 0 Å². The van der Waals surface area contributed by atoms with Crippen LogP contribution in [0.25, 0.3) is 0 Å². The van der Waals surface area contributed by atoms with Gasteiger partial charge in [0.2, 0.25) is 0 Å². The fourth-order valence-corrected chi connectivity index (χ4v) is 3.58. The van der Waals surface area contributed by atoms with Gasteiger partial charge in [-0.25, -0.2) is 0 Å². The van der Waals surface area contributed by atoms with E-state index in [1.54, 1.807) is 9.80 Å². The summed E-state index contributed by atoms with van der Waals surface area (Å²) in [7, 11) is 0. The van der Waals surface area contributed by atoms with E-state index in [4.69, 9.17) is 4.74 Å². The van der Waals surface area contributed by atoms with Crippen molar-refractivity contribution in [1.82, 2.24) is 0 Å². The van der Waals surface area contributed by atoms with Crippen LogP contribution in [0.2, 0.25) is 0 Å². The highest BCUT2D eigenvalue weighted by Gasteiger charge is 2.26. The first kappa shape index (κ1) is 15.8. The van der Waals surface area contributed by atoms with Crippen molar-refractivity contribution in [3.63, 3.8) is 0 Å². The molecule has 2 aromatic rings. The predicted molar refractivity (Wildman–Crippen MR) is 95.8 cm³/mol. The number of fused-ring (bicyclic) bond motifs is 2. The van der Waals surface area contributed by atoms with E-state index >= 15 is 0 Å². The van der Waals surface area contributed by atoms with Gasteiger partial charge in [0.25, 0.3) is 11.8 Å². The Balaban J connectivity index is 1.31.